The Bertz CT molecular complexity index is 1120. The number of piperazine rings is 1. The number of carboxylic acid groups (broad SMARTS) is 1. The lowest BCUT2D eigenvalue weighted by Gasteiger charge is -2.37. The number of carbonyl (C=O) groups excluding carboxylic acids is 1. The number of hydrogen-bond acceptors (Lipinski definition) is 9. The van der Waals surface area contributed by atoms with Crippen molar-refractivity contribution in [3.05, 3.63) is 47.2 Å². The maximum absolute atomic E-state index is 12.6. The van der Waals surface area contributed by atoms with Crippen LogP contribution in [0.2, 0.25) is 0 Å². The van der Waals surface area contributed by atoms with Gasteiger partial charge < -0.3 is 34.0 Å². The maximum Gasteiger partial charge on any atom is 0.410 e. The van der Waals surface area contributed by atoms with Gasteiger partial charge in [-0.15, -0.1) is 0 Å². The Morgan fingerprint density at radius 2 is 1.72 bits per heavy atom. The molecule has 210 valence electrons. The molecule has 2 aromatic rings. The van der Waals surface area contributed by atoms with Crippen LogP contribution in [0.25, 0.3) is 0 Å². The van der Waals surface area contributed by atoms with Crippen LogP contribution >= 0.6 is 0 Å². The van der Waals surface area contributed by atoms with E-state index < -0.39 is 6.09 Å². The molecule has 2 amide bonds. The van der Waals surface area contributed by atoms with Crippen molar-refractivity contribution in [2.24, 2.45) is 0 Å². The average molecular weight is 541 g/mol. The molecule has 2 fully saturated rings. The number of ether oxygens (including phenoxy) is 3. The van der Waals surface area contributed by atoms with Crippen molar-refractivity contribution in [2.45, 2.75) is 26.0 Å². The average Bonchev–Trinajstić information content (AvgIpc) is 2.98. The Balaban J connectivity index is 1.21. The smallest absolute Gasteiger partial charge is 0.410 e. The molecule has 1 N–H and O–H groups in total. The second kappa shape index (κ2) is 12.9. The molecule has 0 spiro atoms. The molecule has 3 aliphatic rings. The van der Waals surface area contributed by atoms with Crippen molar-refractivity contribution in [1.29, 1.82) is 0 Å². The fourth-order valence-electron chi connectivity index (χ4n) is 5.07. The molecule has 1 aromatic carbocycles. The predicted molar refractivity (Wildman–Crippen MR) is 142 cm³/mol. The molecule has 0 bridgehead atoms. The Morgan fingerprint density at radius 1 is 0.949 bits per heavy atom. The molecule has 3 aliphatic heterocycles. The molecule has 2 saturated heterocycles. The highest BCUT2D eigenvalue weighted by Crippen LogP contribution is 2.29. The minimum atomic E-state index is -0.962. The summed E-state index contributed by atoms with van der Waals surface area (Å²) < 4.78 is 16.9. The van der Waals surface area contributed by atoms with Crippen molar-refractivity contribution < 1.29 is 28.9 Å². The molecule has 0 saturated carbocycles. The fourth-order valence-corrected chi connectivity index (χ4v) is 5.07. The van der Waals surface area contributed by atoms with E-state index in [0.29, 0.717) is 51.4 Å². The van der Waals surface area contributed by atoms with Gasteiger partial charge in [0.05, 0.1) is 32.1 Å². The van der Waals surface area contributed by atoms with Crippen molar-refractivity contribution in [2.75, 3.05) is 77.1 Å². The second-order valence-electron chi connectivity index (χ2n) is 9.88. The van der Waals surface area contributed by atoms with E-state index in [2.05, 4.69) is 14.8 Å². The van der Waals surface area contributed by atoms with Crippen LogP contribution in [0.1, 0.15) is 23.2 Å². The molecule has 0 unspecified atom stereocenters. The number of benzene rings is 1. The van der Waals surface area contributed by atoms with Crippen molar-refractivity contribution >= 4 is 18.0 Å². The van der Waals surface area contributed by atoms with Gasteiger partial charge in [0.25, 0.3) is 0 Å². The number of morpholine rings is 1. The van der Waals surface area contributed by atoms with Crippen LogP contribution in [-0.4, -0.2) is 114 Å². The van der Waals surface area contributed by atoms with E-state index in [1.165, 1.54) is 4.90 Å². The zero-order chi connectivity index (χ0) is 27.0. The summed E-state index contributed by atoms with van der Waals surface area (Å²) in [6.07, 6.45) is 0.0787. The lowest BCUT2D eigenvalue weighted by molar-refractivity contribution is 0.0356. The lowest BCUT2D eigenvalue weighted by atomic mass is 10.0. The van der Waals surface area contributed by atoms with Crippen molar-refractivity contribution in [3.8, 4) is 6.01 Å². The third kappa shape index (κ3) is 7.07. The highest BCUT2D eigenvalue weighted by atomic mass is 16.6. The standard InChI is InChI=1S/C27H36N6O6/c34-26(35)33-9-7-22-23(19-33)28-25(38-16-4-8-30-14-17-37-18-15-30)29-24(22)31-10-12-32(13-11-31)27(36)39-20-21-5-2-1-3-6-21/h1-3,5-6H,4,7-20H2,(H,34,35). The minimum Gasteiger partial charge on any atom is -0.465 e. The quantitative estimate of drug-likeness (QED) is 0.498. The molecular formula is C27H36N6O6. The molecule has 12 nitrogen and oxygen atoms in total. The first-order valence-corrected chi connectivity index (χ1v) is 13.6. The zero-order valence-electron chi connectivity index (χ0n) is 22.2. The monoisotopic (exact) mass is 540 g/mol. The summed E-state index contributed by atoms with van der Waals surface area (Å²) in [4.78, 5) is 41.2. The number of carbonyl (C=O) groups is 2. The number of aromatic nitrogens is 2. The summed E-state index contributed by atoms with van der Waals surface area (Å²) in [5.41, 5.74) is 2.58. The van der Waals surface area contributed by atoms with Gasteiger partial charge in [-0.05, 0) is 18.4 Å². The Hall–Kier alpha value is -3.64. The molecule has 0 radical (unpaired) electrons. The lowest BCUT2D eigenvalue weighted by Crippen LogP contribution is -2.49. The third-order valence-corrected chi connectivity index (χ3v) is 7.29. The van der Waals surface area contributed by atoms with E-state index in [1.807, 2.05) is 30.3 Å². The largest absolute Gasteiger partial charge is 0.465 e. The number of hydrogen-bond donors (Lipinski definition) is 1. The van der Waals surface area contributed by atoms with E-state index >= 15 is 0 Å². The second-order valence-corrected chi connectivity index (χ2v) is 9.88. The summed E-state index contributed by atoms with van der Waals surface area (Å²) in [5.74, 6) is 0.769. The fraction of sp³-hybridized carbons (Fsp3) is 0.556. The van der Waals surface area contributed by atoms with E-state index in [1.54, 1.807) is 4.90 Å². The molecule has 4 heterocycles. The van der Waals surface area contributed by atoms with Gasteiger partial charge in [-0.25, -0.2) is 9.59 Å². The van der Waals surface area contributed by atoms with E-state index in [0.717, 1.165) is 56.2 Å². The van der Waals surface area contributed by atoms with Crippen molar-refractivity contribution in [3.63, 3.8) is 0 Å². The first kappa shape index (κ1) is 26.9. The highest BCUT2D eigenvalue weighted by molar-refractivity contribution is 5.68. The number of anilines is 1. The van der Waals surface area contributed by atoms with Crippen LogP contribution in [0.15, 0.2) is 30.3 Å². The number of fused-ring (bicyclic) bond motifs is 1. The van der Waals surface area contributed by atoms with Crippen LogP contribution < -0.4 is 9.64 Å². The summed E-state index contributed by atoms with van der Waals surface area (Å²) in [5, 5.41) is 9.52. The molecule has 1 aromatic heterocycles. The van der Waals surface area contributed by atoms with Gasteiger partial charge in [-0.1, -0.05) is 30.3 Å². The summed E-state index contributed by atoms with van der Waals surface area (Å²) in [7, 11) is 0. The maximum atomic E-state index is 12.6. The first-order chi connectivity index (χ1) is 19.1. The van der Waals surface area contributed by atoms with Gasteiger partial charge in [0.1, 0.15) is 12.4 Å². The molecule has 39 heavy (non-hydrogen) atoms. The number of amides is 2. The van der Waals surface area contributed by atoms with Gasteiger partial charge in [0, 0.05) is 57.9 Å². The summed E-state index contributed by atoms with van der Waals surface area (Å²) in [6, 6.07) is 9.89. The van der Waals surface area contributed by atoms with Crippen LogP contribution in [-0.2, 0) is 29.0 Å². The van der Waals surface area contributed by atoms with Crippen LogP contribution in [0.3, 0.4) is 0 Å². The topological polar surface area (TPSA) is 121 Å². The van der Waals surface area contributed by atoms with Crippen LogP contribution in [0.5, 0.6) is 6.01 Å². The zero-order valence-corrected chi connectivity index (χ0v) is 22.2. The van der Waals surface area contributed by atoms with Crippen LogP contribution in [0, 0.1) is 0 Å². The van der Waals surface area contributed by atoms with Crippen LogP contribution in [0.4, 0.5) is 15.4 Å². The SMILES string of the molecule is O=C(O)N1CCc2c(nc(OCCCN3CCOCC3)nc2N2CCN(C(=O)OCc3ccccc3)CC2)C1. The third-order valence-electron chi connectivity index (χ3n) is 7.29. The van der Waals surface area contributed by atoms with E-state index in [-0.39, 0.29) is 25.3 Å². The Labute approximate surface area is 228 Å². The first-order valence-electron chi connectivity index (χ1n) is 13.6. The number of nitrogens with zero attached hydrogens (tertiary/aromatic N) is 6. The summed E-state index contributed by atoms with van der Waals surface area (Å²) in [6.45, 7) is 7.78. The van der Waals surface area contributed by atoms with E-state index in [9.17, 15) is 14.7 Å². The van der Waals surface area contributed by atoms with Gasteiger partial charge in [0.15, 0.2) is 0 Å². The van der Waals surface area contributed by atoms with Gasteiger partial charge in [-0.2, -0.15) is 9.97 Å². The van der Waals surface area contributed by atoms with Crippen molar-refractivity contribution in [1.82, 2.24) is 24.7 Å². The number of rotatable bonds is 8. The molecule has 0 atom stereocenters. The molecule has 0 aliphatic carbocycles. The minimum absolute atomic E-state index is 0.204. The predicted octanol–water partition coefficient (Wildman–Crippen LogP) is 2.07. The molecular weight excluding hydrogens is 504 g/mol. The Kier molecular flexibility index (Phi) is 8.94. The van der Waals surface area contributed by atoms with Gasteiger partial charge in [-0.3, -0.25) is 4.90 Å². The van der Waals surface area contributed by atoms with Gasteiger partial charge in [0.2, 0.25) is 0 Å². The highest BCUT2D eigenvalue weighted by Gasteiger charge is 2.30. The van der Waals surface area contributed by atoms with E-state index in [4.69, 9.17) is 19.2 Å². The molecule has 12 heteroatoms. The van der Waals surface area contributed by atoms with Gasteiger partial charge >= 0.3 is 18.2 Å². The normalized spacial score (nSPS) is 18.0. The summed E-state index contributed by atoms with van der Waals surface area (Å²) >= 11 is 0. The Morgan fingerprint density at radius 3 is 2.46 bits per heavy atom. The molecule has 5 rings (SSSR count).